The Balaban J connectivity index is 1.63. The van der Waals surface area contributed by atoms with Gasteiger partial charge in [0.15, 0.2) is 0 Å². The molecule has 2 aliphatic heterocycles. The van der Waals surface area contributed by atoms with E-state index in [1.165, 1.54) is 12.3 Å². The molecule has 2 fully saturated rings. The zero-order valence-electron chi connectivity index (χ0n) is 13.8. The number of carbonyl (C=O) groups excluding carboxylic acids is 1. The number of piperidine rings is 1. The lowest BCUT2D eigenvalue weighted by molar-refractivity contribution is -0.0504. The molecule has 7 heteroatoms. The van der Waals surface area contributed by atoms with Crippen molar-refractivity contribution in [3.05, 3.63) is 65.2 Å². The van der Waals surface area contributed by atoms with Crippen molar-refractivity contribution in [1.29, 1.82) is 0 Å². The van der Waals surface area contributed by atoms with Crippen LogP contribution in [0.2, 0.25) is 0 Å². The maximum Gasteiger partial charge on any atom is 0.254 e. The van der Waals surface area contributed by atoms with E-state index in [0.717, 1.165) is 12.1 Å². The molecule has 136 valence electrons. The topological polar surface area (TPSA) is 53.4 Å². The highest BCUT2D eigenvalue weighted by molar-refractivity contribution is 5.95. The van der Waals surface area contributed by atoms with E-state index in [0.29, 0.717) is 18.9 Å². The van der Waals surface area contributed by atoms with Gasteiger partial charge in [0.25, 0.3) is 5.91 Å². The van der Waals surface area contributed by atoms with Gasteiger partial charge in [-0.3, -0.25) is 4.79 Å². The maximum absolute atomic E-state index is 14.1. The lowest BCUT2D eigenvalue weighted by Gasteiger charge is -2.44. The number of benzene rings is 1. The van der Waals surface area contributed by atoms with E-state index in [1.807, 2.05) is 0 Å². The van der Waals surface area contributed by atoms with Crippen molar-refractivity contribution in [3.63, 3.8) is 0 Å². The van der Waals surface area contributed by atoms with Crippen LogP contribution >= 0.6 is 0 Å². The third kappa shape index (κ3) is 2.76. The Kier molecular flexibility index (Phi) is 3.99. The van der Waals surface area contributed by atoms with Gasteiger partial charge in [0.2, 0.25) is 5.95 Å². The number of nitrogens with zero attached hydrogens (tertiary/aromatic N) is 2. The average Bonchev–Trinajstić information content (AvgIpc) is 2.86. The number of amides is 1. The first kappa shape index (κ1) is 17.0. The van der Waals surface area contributed by atoms with Crippen LogP contribution in [0.1, 0.15) is 41.6 Å². The molecule has 0 radical (unpaired) electrons. The number of halogens is 3. The van der Waals surface area contributed by atoms with Crippen LogP contribution in [0, 0.1) is 17.6 Å². The molecular weight excluding hydrogens is 345 g/mol. The standard InChI is InChI=1S/C19H17F3N2O2/c20-12-6-11(7-13(21)8-12)18(25)24-14-3-4-15(24)10-19(26,9-14)16-2-1-5-23-17(16)22/h1-2,5-8,14-15,26H,3-4,9-10H2. The highest BCUT2D eigenvalue weighted by Crippen LogP contribution is 2.46. The summed E-state index contributed by atoms with van der Waals surface area (Å²) in [5, 5.41) is 11.0. The van der Waals surface area contributed by atoms with Gasteiger partial charge in [-0.1, -0.05) is 6.07 Å². The Labute approximate surface area is 148 Å². The minimum Gasteiger partial charge on any atom is -0.385 e. The highest BCUT2D eigenvalue weighted by atomic mass is 19.1. The second-order valence-electron chi connectivity index (χ2n) is 7.04. The quantitative estimate of drug-likeness (QED) is 0.835. The third-order valence-corrected chi connectivity index (χ3v) is 5.37. The first-order valence-corrected chi connectivity index (χ1v) is 8.49. The highest BCUT2D eigenvalue weighted by Gasteiger charge is 2.51. The first-order valence-electron chi connectivity index (χ1n) is 8.49. The number of hydrogen-bond acceptors (Lipinski definition) is 3. The van der Waals surface area contributed by atoms with Gasteiger partial charge in [0.1, 0.15) is 11.6 Å². The van der Waals surface area contributed by atoms with Gasteiger partial charge in [-0.25, -0.2) is 13.8 Å². The van der Waals surface area contributed by atoms with E-state index in [1.54, 1.807) is 11.0 Å². The molecule has 2 bridgehead atoms. The Morgan fingerprint density at radius 2 is 1.73 bits per heavy atom. The number of pyridine rings is 1. The smallest absolute Gasteiger partial charge is 0.254 e. The van der Waals surface area contributed by atoms with Crippen LogP contribution in [0.3, 0.4) is 0 Å². The molecule has 2 unspecified atom stereocenters. The summed E-state index contributed by atoms with van der Waals surface area (Å²) in [5.74, 6) is -2.82. The van der Waals surface area contributed by atoms with Gasteiger partial charge >= 0.3 is 0 Å². The molecule has 0 aliphatic carbocycles. The van der Waals surface area contributed by atoms with Crippen molar-refractivity contribution >= 4 is 5.91 Å². The fourth-order valence-electron chi connectivity index (χ4n) is 4.34. The molecule has 1 aromatic heterocycles. The fraction of sp³-hybridized carbons (Fsp3) is 0.368. The van der Waals surface area contributed by atoms with Crippen LogP contribution in [0.5, 0.6) is 0 Å². The molecule has 26 heavy (non-hydrogen) atoms. The van der Waals surface area contributed by atoms with Crippen LogP contribution in [0.25, 0.3) is 0 Å². The van der Waals surface area contributed by atoms with E-state index in [4.69, 9.17) is 0 Å². The molecule has 4 nitrogen and oxygen atoms in total. The summed E-state index contributed by atoms with van der Waals surface area (Å²) in [6.07, 6.45) is 2.94. The molecule has 0 saturated carbocycles. The van der Waals surface area contributed by atoms with E-state index < -0.39 is 29.1 Å². The zero-order valence-corrected chi connectivity index (χ0v) is 13.8. The fourth-order valence-corrected chi connectivity index (χ4v) is 4.34. The Hall–Kier alpha value is -2.41. The molecule has 2 aliphatic rings. The van der Waals surface area contributed by atoms with E-state index in [9.17, 15) is 23.1 Å². The van der Waals surface area contributed by atoms with Crippen molar-refractivity contribution in [2.75, 3.05) is 0 Å². The SMILES string of the molecule is O=C(c1cc(F)cc(F)c1)N1C2CCC1CC(O)(c1cccnc1F)C2. The number of aliphatic hydroxyl groups is 1. The summed E-state index contributed by atoms with van der Waals surface area (Å²) >= 11 is 0. The van der Waals surface area contributed by atoms with Crippen LogP contribution < -0.4 is 0 Å². The molecule has 1 amide bonds. The molecule has 1 N–H and O–H groups in total. The molecule has 3 heterocycles. The molecular formula is C19H17F3N2O2. The van der Waals surface area contributed by atoms with Gasteiger partial charge in [0.05, 0.1) is 5.60 Å². The monoisotopic (exact) mass is 362 g/mol. The normalized spacial score (nSPS) is 27.6. The van der Waals surface area contributed by atoms with Crippen molar-refractivity contribution in [2.45, 2.75) is 43.4 Å². The molecule has 4 rings (SSSR count). The summed E-state index contributed by atoms with van der Waals surface area (Å²) in [5.41, 5.74) is -1.34. The Bertz CT molecular complexity index is 839. The lowest BCUT2D eigenvalue weighted by atomic mass is 9.80. The number of fused-ring (bicyclic) bond motifs is 2. The van der Waals surface area contributed by atoms with Gasteiger partial charge in [-0.15, -0.1) is 0 Å². The molecule has 2 aromatic rings. The number of hydrogen-bond donors (Lipinski definition) is 1. The Morgan fingerprint density at radius 1 is 1.12 bits per heavy atom. The maximum atomic E-state index is 14.1. The van der Waals surface area contributed by atoms with Gasteiger partial charge in [-0.05, 0) is 31.0 Å². The summed E-state index contributed by atoms with van der Waals surface area (Å²) in [6.45, 7) is 0. The molecule has 1 aromatic carbocycles. The van der Waals surface area contributed by atoms with E-state index in [2.05, 4.69) is 4.98 Å². The van der Waals surface area contributed by atoms with Crippen molar-refractivity contribution < 1.29 is 23.1 Å². The minimum atomic E-state index is -1.41. The summed E-state index contributed by atoms with van der Waals surface area (Å²) < 4.78 is 41.0. The van der Waals surface area contributed by atoms with Crippen LogP contribution in [0.15, 0.2) is 36.5 Å². The van der Waals surface area contributed by atoms with Gasteiger partial charge in [-0.2, -0.15) is 4.39 Å². The van der Waals surface area contributed by atoms with Crippen LogP contribution in [-0.4, -0.2) is 33.0 Å². The lowest BCUT2D eigenvalue weighted by Crippen LogP contribution is -2.52. The predicted octanol–water partition coefficient (Wildman–Crippen LogP) is 3.15. The minimum absolute atomic E-state index is 0.0580. The predicted molar refractivity (Wildman–Crippen MR) is 86.7 cm³/mol. The molecule has 2 atom stereocenters. The van der Waals surface area contributed by atoms with Crippen LogP contribution in [-0.2, 0) is 5.60 Å². The summed E-state index contributed by atoms with van der Waals surface area (Å²) in [4.78, 5) is 18.0. The summed E-state index contributed by atoms with van der Waals surface area (Å²) in [6, 6.07) is 5.14. The second-order valence-corrected chi connectivity index (χ2v) is 7.04. The van der Waals surface area contributed by atoms with Gasteiger partial charge < -0.3 is 10.0 Å². The molecule has 2 saturated heterocycles. The number of aromatic nitrogens is 1. The van der Waals surface area contributed by atoms with Crippen molar-refractivity contribution in [2.24, 2.45) is 0 Å². The van der Waals surface area contributed by atoms with Crippen molar-refractivity contribution in [1.82, 2.24) is 9.88 Å². The number of carbonyl (C=O) groups is 1. The first-order chi connectivity index (χ1) is 12.4. The van der Waals surface area contributed by atoms with E-state index in [-0.39, 0.29) is 36.1 Å². The number of rotatable bonds is 2. The Morgan fingerprint density at radius 3 is 2.31 bits per heavy atom. The zero-order chi connectivity index (χ0) is 18.5. The van der Waals surface area contributed by atoms with Crippen LogP contribution in [0.4, 0.5) is 13.2 Å². The summed E-state index contributed by atoms with van der Waals surface area (Å²) in [7, 11) is 0. The average molecular weight is 362 g/mol. The van der Waals surface area contributed by atoms with Crippen molar-refractivity contribution in [3.8, 4) is 0 Å². The second kappa shape index (κ2) is 6.09. The third-order valence-electron chi connectivity index (χ3n) is 5.37. The van der Waals surface area contributed by atoms with E-state index >= 15 is 0 Å². The van der Waals surface area contributed by atoms with Gasteiger partial charge in [0, 0.05) is 48.3 Å². The molecule has 0 spiro atoms. The largest absolute Gasteiger partial charge is 0.385 e.